The Morgan fingerprint density at radius 1 is 1.05 bits per heavy atom. The van der Waals surface area contributed by atoms with Gasteiger partial charge in [-0.2, -0.15) is 0 Å². The SMILES string of the molecule is Cc1ccc(S(=O)(=O)Nc2cccc(Cl)c2N(C)C)cc1C. The molecular formula is C16H19ClN2O2S. The fourth-order valence-corrected chi connectivity index (χ4v) is 3.63. The fraction of sp³-hybridized carbons (Fsp3) is 0.250. The third-order valence-corrected chi connectivity index (χ3v) is 5.14. The normalized spacial score (nSPS) is 11.3. The summed E-state index contributed by atoms with van der Waals surface area (Å²) >= 11 is 6.17. The number of nitrogens with one attached hydrogen (secondary N) is 1. The van der Waals surface area contributed by atoms with E-state index in [4.69, 9.17) is 11.6 Å². The van der Waals surface area contributed by atoms with Crippen molar-refractivity contribution in [1.82, 2.24) is 0 Å². The second-order valence-electron chi connectivity index (χ2n) is 5.38. The molecule has 0 radical (unpaired) electrons. The number of halogens is 1. The number of anilines is 2. The van der Waals surface area contributed by atoms with Crippen LogP contribution in [0.2, 0.25) is 5.02 Å². The summed E-state index contributed by atoms with van der Waals surface area (Å²) in [5.74, 6) is 0. The number of hydrogen-bond acceptors (Lipinski definition) is 3. The quantitative estimate of drug-likeness (QED) is 0.921. The number of hydrogen-bond donors (Lipinski definition) is 1. The van der Waals surface area contributed by atoms with Crippen molar-refractivity contribution >= 4 is 33.0 Å². The van der Waals surface area contributed by atoms with E-state index >= 15 is 0 Å². The molecule has 4 nitrogen and oxygen atoms in total. The van der Waals surface area contributed by atoms with E-state index in [1.807, 2.05) is 27.9 Å². The topological polar surface area (TPSA) is 49.4 Å². The van der Waals surface area contributed by atoms with Crippen LogP contribution in [0.5, 0.6) is 0 Å². The minimum absolute atomic E-state index is 0.236. The molecule has 2 aromatic rings. The molecule has 0 saturated heterocycles. The second-order valence-corrected chi connectivity index (χ2v) is 7.47. The van der Waals surface area contributed by atoms with Gasteiger partial charge in [0.1, 0.15) is 0 Å². The first kappa shape index (κ1) is 16.6. The van der Waals surface area contributed by atoms with E-state index in [2.05, 4.69) is 4.72 Å². The Balaban J connectivity index is 2.45. The van der Waals surface area contributed by atoms with Crippen LogP contribution in [0.25, 0.3) is 0 Å². The maximum atomic E-state index is 12.6. The number of para-hydroxylation sites is 1. The molecule has 0 unspecified atom stereocenters. The number of aryl methyl sites for hydroxylation is 2. The molecule has 0 atom stereocenters. The van der Waals surface area contributed by atoms with Gasteiger partial charge < -0.3 is 4.90 Å². The molecule has 2 aromatic carbocycles. The third-order valence-electron chi connectivity index (χ3n) is 3.47. The fourth-order valence-electron chi connectivity index (χ4n) is 2.14. The van der Waals surface area contributed by atoms with E-state index in [-0.39, 0.29) is 4.90 Å². The van der Waals surface area contributed by atoms with Gasteiger partial charge in [0, 0.05) is 14.1 Å². The first-order valence-corrected chi connectivity index (χ1v) is 8.64. The number of benzene rings is 2. The van der Waals surface area contributed by atoms with Gasteiger partial charge in [0.25, 0.3) is 10.0 Å². The lowest BCUT2D eigenvalue weighted by molar-refractivity contribution is 0.601. The Morgan fingerprint density at radius 3 is 2.32 bits per heavy atom. The Labute approximate surface area is 136 Å². The Hall–Kier alpha value is -1.72. The molecule has 0 saturated carbocycles. The first-order chi connectivity index (χ1) is 10.2. The Bertz CT molecular complexity index is 802. The number of rotatable bonds is 4. The average molecular weight is 339 g/mol. The average Bonchev–Trinajstić information content (AvgIpc) is 2.40. The summed E-state index contributed by atoms with van der Waals surface area (Å²) in [6.45, 7) is 3.83. The summed E-state index contributed by atoms with van der Waals surface area (Å²) in [5.41, 5.74) is 3.07. The molecule has 0 amide bonds. The van der Waals surface area contributed by atoms with Gasteiger partial charge in [-0.25, -0.2) is 8.42 Å². The van der Waals surface area contributed by atoms with Crippen molar-refractivity contribution in [1.29, 1.82) is 0 Å². The standard InChI is InChI=1S/C16H19ClN2O2S/c1-11-8-9-13(10-12(11)2)22(20,21)18-15-7-5-6-14(17)16(15)19(3)4/h5-10,18H,1-4H3. The van der Waals surface area contributed by atoms with Crippen LogP contribution in [0, 0.1) is 13.8 Å². The summed E-state index contributed by atoms with van der Waals surface area (Å²) in [6.07, 6.45) is 0. The molecule has 0 aliphatic carbocycles. The van der Waals surface area contributed by atoms with Crippen LogP contribution in [0.15, 0.2) is 41.3 Å². The van der Waals surface area contributed by atoms with Gasteiger partial charge in [-0.1, -0.05) is 23.7 Å². The molecule has 0 aliphatic heterocycles. The molecule has 0 spiro atoms. The van der Waals surface area contributed by atoms with Crippen molar-refractivity contribution in [3.05, 3.63) is 52.5 Å². The van der Waals surface area contributed by atoms with Gasteiger partial charge in [0.2, 0.25) is 0 Å². The van der Waals surface area contributed by atoms with E-state index in [1.165, 1.54) is 0 Å². The van der Waals surface area contributed by atoms with Crippen LogP contribution in [0.3, 0.4) is 0 Å². The molecular weight excluding hydrogens is 320 g/mol. The highest BCUT2D eigenvalue weighted by Gasteiger charge is 2.18. The van der Waals surface area contributed by atoms with E-state index in [0.717, 1.165) is 11.1 Å². The van der Waals surface area contributed by atoms with Crippen molar-refractivity contribution in [3.63, 3.8) is 0 Å². The maximum absolute atomic E-state index is 12.6. The molecule has 6 heteroatoms. The van der Waals surface area contributed by atoms with Gasteiger partial charge in [-0.3, -0.25) is 4.72 Å². The lowest BCUT2D eigenvalue weighted by Crippen LogP contribution is -2.17. The van der Waals surface area contributed by atoms with Crippen LogP contribution in [0.1, 0.15) is 11.1 Å². The van der Waals surface area contributed by atoms with E-state index < -0.39 is 10.0 Å². The highest BCUT2D eigenvalue weighted by molar-refractivity contribution is 7.92. The van der Waals surface area contributed by atoms with E-state index in [1.54, 1.807) is 41.3 Å². The molecule has 2 rings (SSSR count). The zero-order chi connectivity index (χ0) is 16.5. The molecule has 0 aromatic heterocycles. The minimum atomic E-state index is -3.66. The van der Waals surface area contributed by atoms with Gasteiger partial charge in [-0.05, 0) is 49.2 Å². The molecule has 118 valence electrons. The zero-order valence-electron chi connectivity index (χ0n) is 13.0. The molecule has 0 heterocycles. The smallest absolute Gasteiger partial charge is 0.261 e. The van der Waals surface area contributed by atoms with Crippen LogP contribution >= 0.6 is 11.6 Å². The van der Waals surface area contributed by atoms with Crippen LogP contribution in [0.4, 0.5) is 11.4 Å². The van der Waals surface area contributed by atoms with Crippen LogP contribution < -0.4 is 9.62 Å². The predicted molar refractivity (Wildman–Crippen MR) is 92.5 cm³/mol. The van der Waals surface area contributed by atoms with Gasteiger partial charge >= 0.3 is 0 Å². The largest absolute Gasteiger partial charge is 0.375 e. The van der Waals surface area contributed by atoms with Crippen LogP contribution in [-0.2, 0) is 10.0 Å². The third kappa shape index (κ3) is 3.36. The summed E-state index contributed by atoms with van der Waals surface area (Å²) in [5, 5.41) is 0.491. The van der Waals surface area contributed by atoms with Crippen molar-refractivity contribution in [2.75, 3.05) is 23.7 Å². The monoisotopic (exact) mass is 338 g/mol. The second kappa shape index (κ2) is 6.18. The maximum Gasteiger partial charge on any atom is 0.261 e. The predicted octanol–water partition coefficient (Wildman–Crippen LogP) is 3.82. The first-order valence-electron chi connectivity index (χ1n) is 6.78. The summed E-state index contributed by atoms with van der Waals surface area (Å²) in [7, 11) is -0.0316. The molecule has 0 fully saturated rings. The van der Waals surface area contributed by atoms with Crippen molar-refractivity contribution in [3.8, 4) is 0 Å². The summed E-state index contributed by atoms with van der Waals surface area (Å²) in [4.78, 5) is 2.01. The minimum Gasteiger partial charge on any atom is -0.375 e. The van der Waals surface area contributed by atoms with Crippen LogP contribution in [-0.4, -0.2) is 22.5 Å². The van der Waals surface area contributed by atoms with Crippen molar-refractivity contribution in [2.24, 2.45) is 0 Å². The zero-order valence-corrected chi connectivity index (χ0v) is 14.6. The van der Waals surface area contributed by atoms with E-state index in [9.17, 15) is 8.42 Å². The van der Waals surface area contributed by atoms with Gasteiger partial charge in [0.05, 0.1) is 21.3 Å². The number of nitrogens with zero attached hydrogens (tertiary/aromatic N) is 1. The summed E-state index contributed by atoms with van der Waals surface area (Å²) in [6, 6.07) is 10.2. The summed E-state index contributed by atoms with van der Waals surface area (Å²) < 4.78 is 27.8. The lowest BCUT2D eigenvalue weighted by Gasteiger charge is -2.20. The lowest BCUT2D eigenvalue weighted by atomic mass is 10.1. The molecule has 1 N–H and O–H groups in total. The molecule has 22 heavy (non-hydrogen) atoms. The molecule has 0 aliphatic rings. The highest BCUT2D eigenvalue weighted by Crippen LogP contribution is 2.33. The Kier molecular flexibility index (Phi) is 4.68. The van der Waals surface area contributed by atoms with E-state index in [0.29, 0.717) is 16.4 Å². The van der Waals surface area contributed by atoms with Crippen molar-refractivity contribution in [2.45, 2.75) is 18.7 Å². The van der Waals surface area contributed by atoms with Crippen molar-refractivity contribution < 1.29 is 8.42 Å². The highest BCUT2D eigenvalue weighted by atomic mass is 35.5. The van der Waals surface area contributed by atoms with Gasteiger partial charge in [0.15, 0.2) is 0 Å². The molecule has 0 bridgehead atoms. The number of sulfonamides is 1. The Morgan fingerprint density at radius 2 is 1.73 bits per heavy atom. The van der Waals surface area contributed by atoms with Gasteiger partial charge in [-0.15, -0.1) is 0 Å².